The Balaban J connectivity index is 1.81. The average Bonchev–Trinajstić information content (AvgIpc) is 2.72. The van der Waals surface area contributed by atoms with Crippen LogP contribution in [0.15, 0.2) is 78.9 Å². The molecule has 0 aliphatic heterocycles. The van der Waals surface area contributed by atoms with Gasteiger partial charge < -0.3 is 13.6 Å². The molecule has 0 aliphatic rings. The number of benzene rings is 3. The zero-order valence-electron chi connectivity index (χ0n) is 16.9. The quantitative estimate of drug-likeness (QED) is 0.331. The van der Waals surface area contributed by atoms with Crippen LogP contribution in [0.4, 0.5) is 0 Å². The molecule has 3 rings (SSSR count). The molecular formula is C24H27O4P. The zero-order chi connectivity index (χ0) is 20.5. The van der Waals surface area contributed by atoms with Gasteiger partial charge in [-0.25, -0.2) is 0 Å². The Kier molecular flexibility index (Phi) is 7.37. The summed E-state index contributed by atoms with van der Waals surface area (Å²) in [7, 11) is -3.95. The van der Waals surface area contributed by atoms with Crippen molar-refractivity contribution >= 4 is 7.82 Å². The summed E-state index contributed by atoms with van der Waals surface area (Å²) >= 11 is 0. The van der Waals surface area contributed by atoms with Crippen molar-refractivity contribution < 1.29 is 18.1 Å². The molecule has 4 nitrogen and oxygen atoms in total. The molecule has 0 N–H and O–H groups in total. The van der Waals surface area contributed by atoms with E-state index in [1.165, 1.54) is 11.1 Å². The Morgan fingerprint density at radius 2 is 0.966 bits per heavy atom. The lowest BCUT2D eigenvalue weighted by atomic mass is 10.1. The molecule has 0 saturated carbocycles. The Morgan fingerprint density at radius 1 is 0.586 bits per heavy atom. The van der Waals surface area contributed by atoms with Crippen molar-refractivity contribution in [3.63, 3.8) is 0 Å². The highest BCUT2D eigenvalue weighted by molar-refractivity contribution is 7.49. The van der Waals surface area contributed by atoms with Gasteiger partial charge in [0.15, 0.2) is 0 Å². The van der Waals surface area contributed by atoms with Crippen molar-refractivity contribution in [3.8, 4) is 17.2 Å². The van der Waals surface area contributed by atoms with Crippen LogP contribution in [0, 0.1) is 0 Å². The molecule has 0 unspecified atom stereocenters. The van der Waals surface area contributed by atoms with Crippen LogP contribution in [0.1, 0.15) is 37.8 Å². The average molecular weight is 410 g/mol. The molecule has 152 valence electrons. The van der Waals surface area contributed by atoms with E-state index < -0.39 is 7.82 Å². The summed E-state index contributed by atoms with van der Waals surface area (Å²) in [6.45, 7) is 4.26. The first-order valence-electron chi connectivity index (χ1n) is 10.0. The van der Waals surface area contributed by atoms with Crippen molar-refractivity contribution in [1.29, 1.82) is 0 Å². The molecule has 0 aliphatic carbocycles. The molecule has 0 atom stereocenters. The predicted molar refractivity (Wildman–Crippen MR) is 117 cm³/mol. The van der Waals surface area contributed by atoms with Crippen LogP contribution in [0.3, 0.4) is 0 Å². The normalized spacial score (nSPS) is 11.1. The van der Waals surface area contributed by atoms with Gasteiger partial charge in [-0.15, -0.1) is 0 Å². The highest BCUT2D eigenvalue weighted by Gasteiger charge is 2.33. The van der Waals surface area contributed by atoms with Crippen LogP contribution in [0.25, 0.3) is 0 Å². The summed E-state index contributed by atoms with van der Waals surface area (Å²) in [6.07, 6.45) is 4.10. The molecule has 3 aromatic carbocycles. The van der Waals surface area contributed by atoms with E-state index in [1.807, 2.05) is 30.3 Å². The van der Waals surface area contributed by atoms with Gasteiger partial charge in [0.2, 0.25) is 0 Å². The Hall–Kier alpha value is -2.71. The Bertz CT molecular complexity index is 866. The van der Waals surface area contributed by atoms with Gasteiger partial charge in [-0.3, -0.25) is 0 Å². The van der Waals surface area contributed by atoms with Gasteiger partial charge >= 0.3 is 7.82 Å². The first-order valence-corrected chi connectivity index (χ1v) is 11.5. The fraction of sp³-hybridized carbons (Fsp3) is 0.250. The number of hydrogen-bond acceptors (Lipinski definition) is 4. The van der Waals surface area contributed by atoms with Crippen molar-refractivity contribution in [1.82, 2.24) is 0 Å². The van der Waals surface area contributed by atoms with Gasteiger partial charge in [0, 0.05) is 0 Å². The summed E-state index contributed by atoms with van der Waals surface area (Å²) < 4.78 is 30.6. The van der Waals surface area contributed by atoms with Crippen LogP contribution in [-0.2, 0) is 17.4 Å². The molecule has 3 aromatic rings. The highest BCUT2D eigenvalue weighted by Crippen LogP contribution is 2.49. The SMILES string of the molecule is CCCc1ccc(OP(=O)(Oc2ccccc2)Oc2ccc(CCC)cc2)cc1. The molecule has 5 heteroatoms. The van der Waals surface area contributed by atoms with Crippen LogP contribution >= 0.6 is 7.82 Å². The monoisotopic (exact) mass is 410 g/mol. The fourth-order valence-corrected chi connectivity index (χ4v) is 4.19. The van der Waals surface area contributed by atoms with E-state index in [0.29, 0.717) is 17.2 Å². The molecule has 29 heavy (non-hydrogen) atoms. The third-order valence-corrected chi connectivity index (χ3v) is 5.62. The van der Waals surface area contributed by atoms with Gasteiger partial charge in [0.25, 0.3) is 0 Å². The standard InChI is InChI=1S/C24H27O4P/c1-3-8-20-12-16-23(17-13-20)27-29(25,26-22-10-6-5-7-11-22)28-24-18-14-21(9-4-2)15-19-24/h5-7,10-19H,3-4,8-9H2,1-2H3. The molecule has 0 fully saturated rings. The van der Waals surface area contributed by atoms with Gasteiger partial charge in [-0.1, -0.05) is 69.2 Å². The van der Waals surface area contributed by atoms with Gasteiger partial charge in [-0.2, -0.15) is 4.57 Å². The molecule has 0 amide bonds. The summed E-state index contributed by atoms with van der Waals surface area (Å²) in [5.41, 5.74) is 2.40. The fourth-order valence-electron chi connectivity index (χ4n) is 2.94. The number of phosphoric ester groups is 1. The van der Waals surface area contributed by atoms with E-state index in [2.05, 4.69) is 13.8 Å². The van der Waals surface area contributed by atoms with Crippen molar-refractivity contribution in [3.05, 3.63) is 90.0 Å². The number of para-hydroxylation sites is 1. The largest absolute Gasteiger partial charge is 0.647 e. The number of rotatable bonds is 10. The summed E-state index contributed by atoms with van der Waals surface area (Å²) in [4.78, 5) is 0. The van der Waals surface area contributed by atoms with Gasteiger partial charge in [-0.05, 0) is 60.4 Å². The summed E-state index contributed by atoms with van der Waals surface area (Å²) in [6, 6.07) is 23.9. The lowest BCUT2D eigenvalue weighted by Crippen LogP contribution is -2.07. The topological polar surface area (TPSA) is 44.8 Å². The van der Waals surface area contributed by atoms with Gasteiger partial charge in [0.1, 0.15) is 17.2 Å². The Labute approximate surface area is 173 Å². The first kappa shape index (κ1) is 21.0. The smallest absolute Gasteiger partial charge is 0.386 e. The lowest BCUT2D eigenvalue weighted by molar-refractivity contribution is 0.298. The zero-order valence-corrected chi connectivity index (χ0v) is 17.8. The third-order valence-electron chi connectivity index (χ3n) is 4.32. The van der Waals surface area contributed by atoms with E-state index in [1.54, 1.807) is 48.5 Å². The van der Waals surface area contributed by atoms with Crippen LogP contribution in [0.2, 0.25) is 0 Å². The maximum Gasteiger partial charge on any atom is 0.647 e. The maximum atomic E-state index is 13.5. The molecule has 0 heterocycles. The van der Waals surface area contributed by atoms with E-state index in [9.17, 15) is 4.57 Å². The second kappa shape index (κ2) is 10.2. The maximum absolute atomic E-state index is 13.5. The second-order valence-electron chi connectivity index (χ2n) is 6.82. The molecule has 0 aromatic heterocycles. The number of phosphoric acid groups is 1. The van der Waals surface area contributed by atoms with Crippen LogP contribution in [-0.4, -0.2) is 0 Å². The first-order chi connectivity index (χ1) is 14.1. The minimum Gasteiger partial charge on any atom is -0.386 e. The highest BCUT2D eigenvalue weighted by atomic mass is 31.2. The third kappa shape index (κ3) is 6.40. The summed E-state index contributed by atoms with van der Waals surface area (Å²) in [5.74, 6) is 1.29. The van der Waals surface area contributed by atoms with Crippen LogP contribution < -0.4 is 13.6 Å². The molecule has 0 spiro atoms. The molecule has 0 bridgehead atoms. The van der Waals surface area contributed by atoms with E-state index in [4.69, 9.17) is 13.6 Å². The van der Waals surface area contributed by atoms with Crippen molar-refractivity contribution in [2.45, 2.75) is 39.5 Å². The van der Waals surface area contributed by atoms with Gasteiger partial charge in [0.05, 0.1) is 0 Å². The van der Waals surface area contributed by atoms with E-state index in [0.717, 1.165) is 25.7 Å². The number of aryl methyl sites for hydroxylation is 2. The number of hydrogen-bond donors (Lipinski definition) is 0. The minimum atomic E-state index is -3.95. The van der Waals surface area contributed by atoms with E-state index >= 15 is 0 Å². The Morgan fingerprint density at radius 3 is 1.34 bits per heavy atom. The predicted octanol–water partition coefficient (Wildman–Crippen LogP) is 7.24. The van der Waals surface area contributed by atoms with Crippen LogP contribution in [0.5, 0.6) is 17.2 Å². The lowest BCUT2D eigenvalue weighted by Gasteiger charge is -2.19. The molecule has 0 saturated heterocycles. The van der Waals surface area contributed by atoms with Crippen molar-refractivity contribution in [2.24, 2.45) is 0 Å². The molecular weight excluding hydrogens is 383 g/mol. The van der Waals surface area contributed by atoms with Crippen molar-refractivity contribution in [2.75, 3.05) is 0 Å². The second-order valence-corrected chi connectivity index (χ2v) is 8.26. The molecule has 0 radical (unpaired) electrons. The minimum absolute atomic E-state index is 0.418. The van der Waals surface area contributed by atoms with E-state index in [-0.39, 0.29) is 0 Å². The summed E-state index contributed by atoms with van der Waals surface area (Å²) in [5, 5.41) is 0.